The molecule has 21 heavy (non-hydrogen) atoms. The highest BCUT2D eigenvalue weighted by Gasteiger charge is 2.17. The van der Waals surface area contributed by atoms with Crippen LogP contribution in [0.15, 0.2) is 12.1 Å². The molecular weight excluding hydrogens is 290 g/mol. The maximum Gasteiger partial charge on any atom is 0.179 e. The number of ether oxygens (including phenoxy) is 3. The molecule has 1 aliphatic rings. The van der Waals surface area contributed by atoms with E-state index >= 15 is 0 Å². The van der Waals surface area contributed by atoms with Crippen LogP contribution < -0.4 is 14.8 Å². The van der Waals surface area contributed by atoms with E-state index in [0.717, 1.165) is 31.0 Å². The van der Waals surface area contributed by atoms with E-state index in [-0.39, 0.29) is 0 Å². The van der Waals surface area contributed by atoms with Crippen molar-refractivity contribution in [1.82, 2.24) is 0 Å². The van der Waals surface area contributed by atoms with Gasteiger partial charge in [0.2, 0.25) is 0 Å². The van der Waals surface area contributed by atoms with Crippen LogP contribution in [0.2, 0.25) is 5.02 Å². The molecule has 1 heterocycles. The standard InChI is InChI=1S/C16H24ClNO3/c1-3-19-15-9-12(8-14(17)16(15)20-4-2)10-18-11-13-6-5-7-21-13/h8-9,13,18H,3-7,10-11H2,1-2H3/p+1/t13-/m1/s1. The lowest BCUT2D eigenvalue weighted by molar-refractivity contribution is -0.676. The average Bonchev–Trinajstić information content (AvgIpc) is 2.96. The topological polar surface area (TPSA) is 44.3 Å². The van der Waals surface area contributed by atoms with E-state index in [1.807, 2.05) is 26.0 Å². The third-order valence-electron chi connectivity index (χ3n) is 3.49. The van der Waals surface area contributed by atoms with Crippen LogP contribution in [0.3, 0.4) is 0 Å². The Bertz CT molecular complexity index is 447. The van der Waals surface area contributed by atoms with Gasteiger partial charge in [-0.05, 0) is 38.8 Å². The van der Waals surface area contributed by atoms with Crippen LogP contribution in [0.25, 0.3) is 0 Å². The van der Waals surface area contributed by atoms with Gasteiger partial charge in [0.15, 0.2) is 11.5 Å². The minimum Gasteiger partial charge on any atom is -0.490 e. The molecule has 0 amide bonds. The minimum absolute atomic E-state index is 0.398. The van der Waals surface area contributed by atoms with Crippen LogP contribution in [-0.4, -0.2) is 32.5 Å². The van der Waals surface area contributed by atoms with Crippen LogP contribution in [0.1, 0.15) is 32.3 Å². The summed E-state index contributed by atoms with van der Waals surface area (Å²) in [6.45, 7) is 7.84. The van der Waals surface area contributed by atoms with Crippen molar-refractivity contribution in [3.05, 3.63) is 22.7 Å². The molecular formula is C16H25ClNO3+. The van der Waals surface area contributed by atoms with Crippen LogP contribution in [0.4, 0.5) is 0 Å². The zero-order valence-corrected chi connectivity index (χ0v) is 13.6. The number of quaternary nitrogens is 1. The molecule has 4 nitrogen and oxygen atoms in total. The van der Waals surface area contributed by atoms with Crippen LogP contribution in [0, 0.1) is 0 Å². The minimum atomic E-state index is 0.398. The highest BCUT2D eigenvalue weighted by Crippen LogP contribution is 2.36. The number of hydrogen-bond acceptors (Lipinski definition) is 3. The van der Waals surface area contributed by atoms with Gasteiger partial charge in [0.05, 0.1) is 18.2 Å². The smallest absolute Gasteiger partial charge is 0.179 e. The average molecular weight is 315 g/mol. The number of hydrogen-bond donors (Lipinski definition) is 1. The molecule has 5 heteroatoms. The summed E-state index contributed by atoms with van der Waals surface area (Å²) in [6, 6.07) is 3.98. The van der Waals surface area contributed by atoms with Gasteiger partial charge >= 0.3 is 0 Å². The maximum atomic E-state index is 6.31. The summed E-state index contributed by atoms with van der Waals surface area (Å²) >= 11 is 6.31. The van der Waals surface area contributed by atoms with Crippen LogP contribution in [-0.2, 0) is 11.3 Å². The van der Waals surface area contributed by atoms with Crippen LogP contribution >= 0.6 is 11.6 Å². The zero-order chi connectivity index (χ0) is 15.1. The largest absolute Gasteiger partial charge is 0.490 e. The van der Waals surface area contributed by atoms with Crippen molar-refractivity contribution >= 4 is 11.6 Å². The van der Waals surface area contributed by atoms with E-state index in [2.05, 4.69) is 5.32 Å². The van der Waals surface area contributed by atoms with Crippen LogP contribution in [0.5, 0.6) is 11.5 Å². The van der Waals surface area contributed by atoms with Gasteiger partial charge in [0, 0.05) is 12.2 Å². The number of nitrogens with two attached hydrogens (primary N) is 1. The normalized spacial score (nSPS) is 18.0. The summed E-state index contributed by atoms with van der Waals surface area (Å²) < 4.78 is 16.8. The van der Waals surface area contributed by atoms with Crippen molar-refractivity contribution in [3.8, 4) is 11.5 Å². The molecule has 1 aliphatic heterocycles. The molecule has 1 saturated heterocycles. The van der Waals surface area contributed by atoms with Crippen molar-refractivity contribution in [3.63, 3.8) is 0 Å². The van der Waals surface area contributed by atoms with Gasteiger partial charge in [-0.1, -0.05) is 11.6 Å². The molecule has 0 bridgehead atoms. The predicted octanol–water partition coefficient (Wildman–Crippen LogP) is 2.38. The van der Waals surface area contributed by atoms with E-state index in [9.17, 15) is 0 Å². The highest BCUT2D eigenvalue weighted by atomic mass is 35.5. The first-order valence-corrected chi connectivity index (χ1v) is 8.13. The van der Waals surface area contributed by atoms with Crippen molar-refractivity contribution in [2.75, 3.05) is 26.4 Å². The fraction of sp³-hybridized carbons (Fsp3) is 0.625. The molecule has 118 valence electrons. The van der Waals surface area contributed by atoms with Crippen molar-refractivity contribution in [2.45, 2.75) is 39.3 Å². The molecule has 0 saturated carbocycles. The first-order chi connectivity index (χ1) is 10.2. The monoisotopic (exact) mass is 314 g/mol. The summed E-state index contributed by atoms with van der Waals surface area (Å²) in [5, 5.41) is 2.88. The SMILES string of the molecule is CCOc1cc(C[NH2+]C[C@H]2CCCO2)cc(Cl)c1OCC. The second-order valence-corrected chi connectivity index (χ2v) is 5.54. The second kappa shape index (κ2) is 8.47. The summed E-state index contributed by atoms with van der Waals surface area (Å²) in [7, 11) is 0. The Hall–Kier alpha value is -0.970. The quantitative estimate of drug-likeness (QED) is 0.801. The Morgan fingerprint density at radius 3 is 2.76 bits per heavy atom. The third kappa shape index (κ3) is 4.77. The van der Waals surface area contributed by atoms with Crippen molar-refractivity contribution < 1.29 is 19.5 Å². The molecule has 0 aromatic heterocycles. The number of halogens is 1. The Morgan fingerprint density at radius 1 is 1.29 bits per heavy atom. The van der Waals surface area contributed by atoms with Gasteiger partial charge in [-0.3, -0.25) is 0 Å². The van der Waals surface area contributed by atoms with E-state index in [1.54, 1.807) is 0 Å². The van der Waals surface area contributed by atoms with Gasteiger partial charge in [0.1, 0.15) is 19.2 Å². The van der Waals surface area contributed by atoms with Gasteiger partial charge in [-0.25, -0.2) is 0 Å². The number of benzene rings is 1. The lowest BCUT2D eigenvalue weighted by atomic mass is 10.2. The molecule has 1 aromatic carbocycles. The van der Waals surface area contributed by atoms with E-state index < -0.39 is 0 Å². The summed E-state index contributed by atoms with van der Waals surface area (Å²) in [5.41, 5.74) is 1.14. The zero-order valence-electron chi connectivity index (χ0n) is 12.9. The predicted molar refractivity (Wildman–Crippen MR) is 83.3 cm³/mol. The molecule has 1 aromatic rings. The third-order valence-corrected chi connectivity index (χ3v) is 3.77. The van der Waals surface area contributed by atoms with Gasteiger partial charge in [0.25, 0.3) is 0 Å². The molecule has 0 radical (unpaired) electrons. The lowest BCUT2D eigenvalue weighted by Crippen LogP contribution is -2.84. The fourth-order valence-corrected chi connectivity index (χ4v) is 2.84. The lowest BCUT2D eigenvalue weighted by Gasteiger charge is -2.14. The molecule has 2 N–H and O–H groups in total. The first kappa shape index (κ1) is 16.4. The molecule has 1 fully saturated rings. The molecule has 2 rings (SSSR count). The van der Waals surface area contributed by atoms with E-state index in [0.29, 0.717) is 30.1 Å². The van der Waals surface area contributed by atoms with E-state index in [1.165, 1.54) is 12.8 Å². The Labute approximate surface area is 131 Å². The molecule has 0 unspecified atom stereocenters. The molecule has 1 atom stereocenters. The van der Waals surface area contributed by atoms with Crippen molar-refractivity contribution in [2.24, 2.45) is 0 Å². The van der Waals surface area contributed by atoms with Gasteiger partial charge in [-0.15, -0.1) is 0 Å². The fourth-order valence-electron chi connectivity index (χ4n) is 2.55. The van der Waals surface area contributed by atoms with Gasteiger partial charge in [-0.2, -0.15) is 0 Å². The molecule has 0 aliphatic carbocycles. The molecule has 0 spiro atoms. The van der Waals surface area contributed by atoms with Crippen molar-refractivity contribution in [1.29, 1.82) is 0 Å². The Morgan fingerprint density at radius 2 is 2.10 bits per heavy atom. The summed E-state index contributed by atoms with van der Waals surface area (Å²) in [6.07, 6.45) is 2.75. The first-order valence-electron chi connectivity index (χ1n) is 7.75. The Kier molecular flexibility index (Phi) is 6.61. The summed E-state index contributed by atoms with van der Waals surface area (Å²) in [5.74, 6) is 1.37. The highest BCUT2D eigenvalue weighted by molar-refractivity contribution is 6.32. The maximum absolute atomic E-state index is 6.31. The van der Waals surface area contributed by atoms with Gasteiger partial charge < -0.3 is 19.5 Å². The second-order valence-electron chi connectivity index (χ2n) is 5.13. The van der Waals surface area contributed by atoms with E-state index in [4.69, 9.17) is 25.8 Å². The number of rotatable bonds is 8. The Balaban J connectivity index is 1.98. The summed E-state index contributed by atoms with van der Waals surface area (Å²) in [4.78, 5) is 0.